The molecule has 2 aromatic rings. The Morgan fingerprint density at radius 1 is 1.38 bits per heavy atom. The lowest BCUT2D eigenvalue weighted by atomic mass is 9.59. The van der Waals surface area contributed by atoms with E-state index >= 15 is 0 Å². The number of rotatable bonds is 5. The lowest BCUT2D eigenvalue weighted by molar-refractivity contribution is -0.114. The molecule has 1 saturated heterocycles. The number of aromatic nitrogens is 3. The van der Waals surface area contributed by atoms with Crippen molar-refractivity contribution in [2.24, 2.45) is 5.92 Å². The number of halogens is 1. The van der Waals surface area contributed by atoms with Crippen LogP contribution < -0.4 is 5.32 Å². The first kappa shape index (κ1) is 19.0. The number of nitrogens with zero attached hydrogens (tertiary/aromatic N) is 4. The van der Waals surface area contributed by atoms with Crippen LogP contribution in [0.5, 0.6) is 0 Å². The molecule has 1 amide bonds. The summed E-state index contributed by atoms with van der Waals surface area (Å²) in [5.74, 6) is 0.624. The molecule has 1 N–H and O–H groups in total. The van der Waals surface area contributed by atoms with Crippen molar-refractivity contribution < 1.29 is 9.18 Å². The van der Waals surface area contributed by atoms with Crippen LogP contribution in [0.15, 0.2) is 18.6 Å². The van der Waals surface area contributed by atoms with Crippen molar-refractivity contribution >= 4 is 38.1 Å². The fourth-order valence-electron chi connectivity index (χ4n) is 3.36. The van der Waals surface area contributed by atoms with Crippen LogP contribution in [-0.4, -0.2) is 54.5 Å². The number of likely N-dealkylation sites (tertiary alicyclic amines) is 1. The number of hydrogen-bond acceptors (Lipinski definition) is 6. The second kappa shape index (κ2) is 7.84. The van der Waals surface area contributed by atoms with E-state index in [1.165, 1.54) is 30.7 Å². The number of hydrogen-bond donors (Lipinski definition) is 1. The Bertz CT molecular complexity index is 770. The minimum atomic E-state index is -0.402. The van der Waals surface area contributed by atoms with Gasteiger partial charge in [0.05, 0.1) is 12.4 Å². The number of thiazole rings is 1. The summed E-state index contributed by atoms with van der Waals surface area (Å²) >= 11 is 1.52. The van der Waals surface area contributed by atoms with Crippen LogP contribution in [0.25, 0.3) is 0 Å². The third kappa shape index (κ3) is 4.48. The van der Waals surface area contributed by atoms with Gasteiger partial charge in [-0.05, 0) is 30.6 Å². The zero-order valence-electron chi connectivity index (χ0n) is 15.3. The molecule has 2 aromatic heterocycles. The summed E-state index contributed by atoms with van der Waals surface area (Å²) in [6, 6.07) is 0. The summed E-state index contributed by atoms with van der Waals surface area (Å²) in [5.41, 5.74) is 0. The number of carbonyl (C=O) groups excluding carboxylic acids is 1. The van der Waals surface area contributed by atoms with Gasteiger partial charge in [-0.25, -0.2) is 19.3 Å². The van der Waals surface area contributed by atoms with E-state index in [2.05, 4.69) is 40.9 Å². The van der Waals surface area contributed by atoms with Crippen LogP contribution >= 0.6 is 11.3 Å². The fraction of sp³-hybridized carbons (Fsp3) is 0.500. The summed E-state index contributed by atoms with van der Waals surface area (Å²) < 4.78 is 13.0. The zero-order valence-corrected chi connectivity index (χ0v) is 16.1. The predicted molar refractivity (Wildman–Crippen MR) is 105 cm³/mol. The number of piperidine rings is 1. The standard InChI is InChI=1S/C16H22B2FN5OS/c1-10(25)23-15-22-8-13(26-15)16(17,18)24-4-2-3-11(9-24)5-14-20-6-12(19)7-21-14/h6-8,11H,2-5,9,17-18H2,1H3,(H,22,23,25)/t11-/m1/s1. The molecule has 0 radical (unpaired) electrons. The zero-order chi connectivity index (χ0) is 18.7. The van der Waals surface area contributed by atoms with Gasteiger partial charge in [-0.3, -0.25) is 4.79 Å². The summed E-state index contributed by atoms with van der Waals surface area (Å²) in [4.78, 5) is 27.3. The quantitative estimate of drug-likeness (QED) is 0.767. The van der Waals surface area contributed by atoms with Gasteiger partial charge < -0.3 is 10.2 Å². The number of nitrogens with one attached hydrogen (secondary N) is 1. The minimum absolute atomic E-state index is 0.110. The van der Waals surface area contributed by atoms with E-state index in [0.29, 0.717) is 16.9 Å². The molecule has 1 atom stereocenters. The Morgan fingerprint density at radius 3 is 2.81 bits per heavy atom. The van der Waals surface area contributed by atoms with E-state index in [4.69, 9.17) is 0 Å². The van der Waals surface area contributed by atoms with Gasteiger partial charge in [-0.1, -0.05) is 0 Å². The van der Waals surface area contributed by atoms with E-state index in [1.807, 2.05) is 6.20 Å². The lowest BCUT2D eigenvalue weighted by Gasteiger charge is -2.43. The topological polar surface area (TPSA) is 71.0 Å². The predicted octanol–water partition coefficient (Wildman–Crippen LogP) is 0.362. The van der Waals surface area contributed by atoms with E-state index in [0.717, 1.165) is 37.2 Å². The maximum Gasteiger partial charge on any atom is 0.223 e. The van der Waals surface area contributed by atoms with Crippen molar-refractivity contribution in [2.75, 3.05) is 18.4 Å². The Balaban J connectivity index is 1.68. The van der Waals surface area contributed by atoms with E-state index in [9.17, 15) is 9.18 Å². The van der Waals surface area contributed by atoms with Crippen molar-refractivity contribution in [1.82, 2.24) is 19.9 Å². The highest BCUT2D eigenvalue weighted by Gasteiger charge is 2.34. The van der Waals surface area contributed by atoms with E-state index in [-0.39, 0.29) is 11.2 Å². The number of anilines is 1. The van der Waals surface area contributed by atoms with Crippen molar-refractivity contribution in [3.05, 3.63) is 35.1 Å². The molecular weight excluding hydrogens is 351 g/mol. The number of amides is 1. The molecule has 0 saturated carbocycles. The van der Waals surface area contributed by atoms with Gasteiger partial charge in [0.1, 0.15) is 21.5 Å². The molecule has 3 heterocycles. The van der Waals surface area contributed by atoms with Crippen molar-refractivity contribution in [2.45, 2.75) is 31.5 Å². The van der Waals surface area contributed by atoms with E-state index in [1.54, 1.807) is 0 Å². The normalized spacial score (nSPS) is 18.6. The van der Waals surface area contributed by atoms with Crippen molar-refractivity contribution in [1.29, 1.82) is 0 Å². The highest BCUT2D eigenvalue weighted by atomic mass is 32.1. The molecule has 26 heavy (non-hydrogen) atoms. The van der Waals surface area contributed by atoms with Gasteiger partial charge >= 0.3 is 0 Å². The Labute approximate surface area is 158 Å². The van der Waals surface area contributed by atoms with Crippen LogP contribution in [0, 0.1) is 11.7 Å². The Hall–Kier alpha value is -1.80. The molecule has 136 valence electrons. The maximum absolute atomic E-state index is 13.0. The smallest absolute Gasteiger partial charge is 0.223 e. The molecule has 6 nitrogen and oxygen atoms in total. The average Bonchev–Trinajstić information content (AvgIpc) is 3.06. The molecule has 0 unspecified atom stereocenters. The van der Waals surface area contributed by atoms with Crippen LogP contribution in [-0.2, 0) is 16.6 Å². The van der Waals surface area contributed by atoms with Gasteiger partial charge in [-0.2, -0.15) is 0 Å². The van der Waals surface area contributed by atoms with Crippen molar-refractivity contribution in [3.8, 4) is 0 Å². The molecule has 0 bridgehead atoms. The number of carbonyl (C=O) groups is 1. The maximum atomic E-state index is 13.0. The summed E-state index contributed by atoms with van der Waals surface area (Å²) in [6.45, 7) is 3.43. The second-order valence-corrected chi connectivity index (χ2v) is 8.28. The van der Waals surface area contributed by atoms with Gasteiger partial charge in [0.15, 0.2) is 10.9 Å². The van der Waals surface area contributed by atoms with Gasteiger partial charge in [0, 0.05) is 31.0 Å². The molecule has 10 heteroatoms. The van der Waals surface area contributed by atoms with Gasteiger partial charge in [-0.15, -0.1) is 11.3 Å². The van der Waals surface area contributed by atoms with E-state index < -0.39 is 5.82 Å². The third-order valence-corrected chi connectivity index (χ3v) is 6.07. The summed E-state index contributed by atoms with van der Waals surface area (Å²) in [7, 11) is 4.38. The fourth-order valence-corrected chi connectivity index (χ4v) is 4.36. The highest BCUT2D eigenvalue weighted by Crippen LogP contribution is 2.33. The first-order valence-electron chi connectivity index (χ1n) is 8.80. The lowest BCUT2D eigenvalue weighted by Crippen LogP contribution is -2.51. The molecule has 3 rings (SSSR count). The SMILES string of the molecule is BC(B)(c1cnc(NC(C)=O)s1)N1CCC[C@H](Cc2ncc(F)cn2)C1. The monoisotopic (exact) mass is 373 g/mol. The molecule has 0 spiro atoms. The summed E-state index contributed by atoms with van der Waals surface area (Å²) in [6.07, 6.45) is 7.29. The van der Waals surface area contributed by atoms with Crippen LogP contribution in [0.4, 0.5) is 9.52 Å². The Morgan fingerprint density at radius 2 is 2.12 bits per heavy atom. The summed E-state index contributed by atoms with van der Waals surface area (Å²) in [5, 5.41) is 3.21. The third-order valence-electron chi connectivity index (χ3n) is 4.85. The first-order valence-corrected chi connectivity index (χ1v) is 9.61. The Kier molecular flexibility index (Phi) is 5.72. The van der Waals surface area contributed by atoms with Crippen LogP contribution in [0.1, 0.15) is 30.5 Å². The first-order chi connectivity index (χ1) is 12.3. The molecule has 0 aromatic carbocycles. The van der Waals surface area contributed by atoms with Crippen molar-refractivity contribution in [3.63, 3.8) is 0 Å². The second-order valence-electron chi connectivity index (χ2n) is 7.25. The minimum Gasteiger partial charge on any atom is -0.308 e. The van der Waals surface area contributed by atoms with Crippen LogP contribution in [0.2, 0.25) is 0 Å². The largest absolute Gasteiger partial charge is 0.308 e. The molecule has 1 aliphatic heterocycles. The molecule has 0 aliphatic carbocycles. The molecule has 1 aliphatic rings. The van der Waals surface area contributed by atoms with Gasteiger partial charge in [0.2, 0.25) is 5.91 Å². The van der Waals surface area contributed by atoms with Crippen LogP contribution in [0.3, 0.4) is 0 Å². The molecular formula is C16H22B2FN5OS. The van der Waals surface area contributed by atoms with Gasteiger partial charge in [0.25, 0.3) is 0 Å². The highest BCUT2D eigenvalue weighted by molar-refractivity contribution is 7.16. The molecule has 1 fully saturated rings. The average molecular weight is 373 g/mol.